The molecule has 1 aliphatic rings. The Labute approximate surface area is 105 Å². The molecule has 1 saturated heterocycles. The first-order valence-electron chi connectivity index (χ1n) is 5.99. The zero-order chi connectivity index (χ0) is 12.4. The molecular formula is C11H15N7. The molecule has 94 valence electrons. The number of nitrogens with zero attached hydrogens (tertiary/aromatic N) is 5. The van der Waals surface area contributed by atoms with Crippen molar-refractivity contribution >= 4 is 5.95 Å². The molecule has 7 heteroatoms. The van der Waals surface area contributed by atoms with Crippen molar-refractivity contribution in [1.29, 1.82) is 0 Å². The third-order valence-electron chi connectivity index (χ3n) is 2.96. The van der Waals surface area contributed by atoms with Crippen molar-refractivity contribution in [2.45, 2.75) is 13.0 Å². The molecule has 1 fully saturated rings. The molecule has 1 aliphatic heterocycles. The van der Waals surface area contributed by atoms with Gasteiger partial charge in [-0.3, -0.25) is 5.10 Å². The molecule has 0 aromatic carbocycles. The van der Waals surface area contributed by atoms with Crippen LogP contribution in [0.4, 0.5) is 5.95 Å². The number of aromatic nitrogens is 5. The Bertz CT molecular complexity index is 509. The molecule has 18 heavy (non-hydrogen) atoms. The molecule has 0 saturated carbocycles. The second kappa shape index (κ2) is 4.69. The molecule has 2 aromatic rings. The van der Waals surface area contributed by atoms with Gasteiger partial charge in [0.1, 0.15) is 6.33 Å². The lowest BCUT2D eigenvalue weighted by Gasteiger charge is -2.30. The van der Waals surface area contributed by atoms with Crippen LogP contribution in [0.3, 0.4) is 0 Å². The molecular weight excluding hydrogens is 230 g/mol. The van der Waals surface area contributed by atoms with E-state index >= 15 is 0 Å². The van der Waals surface area contributed by atoms with E-state index in [1.807, 2.05) is 0 Å². The summed E-state index contributed by atoms with van der Waals surface area (Å²) in [5.74, 6) is 1.44. The highest BCUT2D eigenvalue weighted by Crippen LogP contribution is 2.16. The van der Waals surface area contributed by atoms with Gasteiger partial charge < -0.3 is 10.2 Å². The maximum Gasteiger partial charge on any atom is 0.245 e. The highest BCUT2D eigenvalue weighted by Gasteiger charge is 2.19. The van der Waals surface area contributed by atoms with Crippen LogP contribution < -0.4 is 10.2 Å². The summed E-state index contributed by atoms with van der Waals surface area (Å²) in [6.45, 7) is 4.96. The van der Waals surface area contributed by atoms with E-state index < -0.39 is 0 Å². The van der Waals surface area contributed by atoms with Crippen LogP contribution in [0.5, 0.6) is 0 Å². The number of rotatable bonds is 2. The summed E-state index contributed by atoms with van der Waals surface area (Å²) in [7, 11) is 0. The van der Waals surface area contributed by atoms with E-state index in [2.05, 4.69) is 42.3 Å². The monoisotopic (exact) mass is 245 g/mol. The predicted octanol–water partition coefficient (Wildman–Crippen LogP) is 0.0598. The fourth-order valence-corrected chi connectivity index (χ4v) is 2.06. The van der Waals surface area contributed by atoms with Gasteiger partial charge in [-0.15, -0.1) is 5.10 Å². The predicted molar refractivity (Wildman–Crippen MR) is 67.1 cm³/mol. The number of anilines is 1. The van der Waals surface area contributed by atoms with Crippen molar-refractivity contribution in [3.63, 3.8) is 0 Å². The number of piperazine rings is 1. The van der Waals surface area contributed by atoms with Gasteiger partial charge in [-0.05, 0) is 6.92 Å². The van der Waals surface area contributed by atoms with Crippen molar-refractivity contribution in [1.82, 2.24) is 30.5 Å². The summed E-state index contributed by atoms with van der Waals surface area (Å²) in [6, 6.07) is 0.459. The van der Waals surface area contributed by atoms with Crippen LogP contribution in [0.1, 0.15) is 6.92 Å². The molecule has 1 atom stereocenters. The third-order valence-corrected chi connectivity index (χ3v) is 2.96. The van der Waals surface area contributed by atoms with E-state index in [0.717, 1.165) is 31.1 Å². The summed E-state index contributed by atoms with van der Waals surface area (Å²) in [4.78, 5) is 14.6. The quantitative estimate of drug-likeness (QED) is 0.778. The van der Waals surface area contributed by atoms with Crippen molar-refractivity contribution in [3.05, 3.63) is 18.7 Å². The van der Waals surface area contributed by atoms with Crippen molar-refractivity contribution in [3.8, 4) is 11.4 Å². The second-order valence-corrected chi connectivity index (χ2v) is 4.41. The second-order valence-electron chi connectivity index (χ2n) is 4.41. The molecule has 0 amide bonds. The summed E-state index contributed by atoms with van der Waals surface area (Å²) >= 11 is 0. The van der Waals surface area contributed by atoms with Crippen LogP contribution in [-0.4, -0.2) is 50.8 Å². The SMILES string of the molecule is CC1CN(c2n[nH]c(-c3cncnc3)n2)CCN1. The third kappa shape index (κ3) is 2.17. The Hall–Kier alpha value is -2.02. The van der Waals surface area contributed by atoms with Gasteiger partial charge >= 0.3 is 0 Å². The minimum atomic E-state index is 0.459. The fourth-order valence-electron chi connectivity index (χ4n) is 2.06. The normalized spacial score (nSPS) is 20.1. The molecule has 7 nitrogen and oxygen atoms in total. The minimum absolute atomic E-state index is 0.459. The lowest BCUT2D eigenvalue weighted by molar-refractivity contribution is 0.480. The van der Waals surface area contributed by atoms with Crippen molar-refractivity contribution in [2.24, 2.45) is 0 Å². The van der Waals surface area contributed by atoms with E-state index in [4.69, 9.17) is 0 Å². The Morgan fingerprint density at radius 3 is 2.94 bits per heavy atom. The largest absolute Gasteiger partial charge is 0.337 e. The van der Waals surface area contributed by atoms with Crippen LogP contribution in [0, 0.1) is 0 Å². The van der Waals surface area contributed by atoms with Gasteiger partial charge in [-0.2, -0.15) is 4.98 Å². The first-order valence-corrected chi connectivity index (χ1v) is 5.99. The molecule has 0 bridgehead atoms. The van der Waals surface area contributed by atoms with Crippen LogP contribution in [0.15, 0.2) is 18.7 Å². The standard InChI is InChI=1S/C11H15N7/c1-8-6-18(3-2-14-8)11-15-10(16-17-11)9-4-12-7-13-5-9/h4-5,7-8,14H,2-3,6H2,1H3,(H,15,16,17). The van der Waals surface area contributed by atoms with Gasteiger partial charge in [0.2, 0.25) is 5.95 Å². The van der Waals surface area contributed by atoms with Crippen molar-refractivity contribution in [2.75, 3.05) is 24.5 Å². The fraction of sp³-hybridized carbons (Fsp3) is 0.455. The maximum absolute atomic E-state index is 4.49. The lowest BCUT2D eigenvalue weighted by atomic mass is 10.2. The van der Waals surface area contributed by atoms with Gasteiger partial charge in [0.05, 0.1) is 5.56 Å². The van der Waals surface area contributed by atoms with Gasteiger partial charge in [0.15, 0.2) is 5.82 Å². The highest BCUT2D eigenvalue weighted by molar-refractivity contribution is 5.53. The topological polar surface area (TPSA) is 82.6 Å². The maximum atomic E-state index is 4.49. The van der Waals surface area contributed by atoms with Crippen LogP contribution >= 0.6 is 0 Å². The molecule has 3 rings (SSSR count). The number of hydrogen-bond acceptors (Lipinski definition) is 6. The van der Waals surface area contributed by atoms with Gasteiger partial charge in [0, 0.05) is 38.1 Å². The molecule has 2 aromatic heterocycles. The Morgan fingerprint density at radius 1 is 1.33 bits per heavy atom. The van der Waals surface area contributed by atoms with E-state index in [9.17, 15) is 0 Å². The average Bonchev–Trinajstić information content (AvgIpc) is 2.89. The highest BCUT2D eigenvalue weighted by atomic mass is 15.4. The van der Waals surface area contributed by atoms with Crippen LogP contribution in [0.2, 0.25) is 0 Å². The molecule has 0 spiro atoms. The first-order chi connectivity index (χ1) is 8.83. The Balaban J connectivity index is 1.81. The van der Waals surface area contributed by atoms with E-state index in [-0.39, 0.29) is 0 Å². The Morgan fingerprint density at radius 2 is 2.17 bits per heavy atom. The molecule has 3 heterocycles. The molecule has 2 N–H and O–H groups in total. The first kappa shape index (κ1) is 11.1. The smallest absolute Gasteiger partial charge is 0.245 e. The van der Waals surface area contributed by atoms with Crippen molar-refractivity contribution < 1.29 is 0 Å². The summed E-state index contributed by atoms with van der Waals surface area (Å²) in [6.07, 6.45) is 4.94. The molecule has 0 radical (unpaired) electrons. The van der Waals surface area contributed by atoms with E-state index in [1.54, 1.807) is 12.4 Å². The number of nitrogens with one attached hydrogen (secondary N) is 2. The average molecular weight is 245 g/mol. The molecule has 0 aliphatic carbocycles. The van der Waals surface area contributed by atoms with Gasteiger partial charge in [-0.1, -0.05) is 0 Å². The van der Waals surface area contributed by atoms with Crippen LogP contribution in [0.25, 0.3) is 11.4 Å². The van der Waals surface area contributed by atoms with Gasteiger partial charge in [0.25, 0.3) is 0 Å². The number of H-pyrrole nitrogens is 1. The van der Waals surface area contributed by atoms with E-state index in [0.29, 0.717) is 11.9 Å². The van der Waals surface area contributed by atoms with Gasteiger partial charge in [-0.25, -0.2) is 9.97 Å². The summed E-state index contributed by atoms with van der Waals surface area (Å²) in [5, 5.41) is 10.6. The molecule has 1 unspecified atom stereocenters. The van der Waals surface area contributed by atoms with E-state index in [1.165, 1.54) is 6.33 Å². The lowest BCUT2D eigenvalue weighted by Crippen LogP contribution is -2.49. The summed E-state index contributed by atoms with van der Waals surface area (Å²) in [5.41, 5.74) is 0.847. The number of aromatic amines is 1. The Kier molecular flexibility index (Phi) is 2.89. The summed E-state index contributed by atoms with van der Waals surface area (Å²) < 4.78 is 0. The zero-order valence-electron chi connectivity index (χ0n) is 10.2. The van der Waals surface area contributed by atoms with Crippen LogP contribution in [-0.2, 0) is 0 Å². The number of hydrogen-bond donors (Lipinski definition) is 2. The zero-order valence-corrected chi connectivity index (χ0v) is 10.2. The minimum Gasteiger partial charge on any atom is -0.337 e.